The summed E-state index contributed by atoms with van der Waals surface area (Å²) in [6.45, 7) is 0. The van der Waals surface area contributed by atoms with Crippen molar-refractivity contribution in [3.63, 3.8) is 0 Å². The summed E-state index contributed by atoms with van der Waals surface area (Å²) in [7, 11) is 3.66. The number of aromatic hydroxyl groups is 3. The number of hydrogen-bond donors (Lipinski definition) is 4. The molecular weight excluding hydrogens is 599 g/mol. The quantitative estimate of drug-likeness (QED) is 0.0760. The third-order valence-electron chi connectivity index (χ3n) is 4.54. The highest BCUT2D eigenvalue weighted by Crippen LogP contribution is 2.35. The molecule has 0 unspecified atom stereocenters. The van der Waals surface area contributed by atoms with E-state index in [9.17, 15) is 34.7 Å². The molecule has 0 fully saturated rings. The van der Waals surface area contributed by atoms with Crippen LogP contribution in [0, 0.1) is 10.1 Å². The minimum Gasteiger partial charge on any atom is -0.506 e. The second kappa shape index (κ2) is 15.2. The number of esters is 3. The van der Waals surface area contributed by atoms with Gasteiger partial charge < -0.3 is 35.3 Å². The van der Waals surface area contributed by atoms with Crippen LogP contribution in [0.25, 0.3) is 0 Å². The summed E-state index contributed by atoms with van der Waals surface area (Å²) in [4.78, 5) is 42.6. The van der Waals surface area contributed by atoms with E-state index in [0.29, 0.717) is 5.56 Å². The summed E-state index contributed by atoms with van der Waals surface area (Å²) in [6.07, 6.45) is 0. The van der Waals surface area contributed by atoms with Crippen molar-refractivity contribution in [2.75, 3.05) is 27.1 Å². The largest absolute Gasteiger partial charge is 0.506 e. The molecule has 16 heteroatoms. The number of nitrogen functional groups attached to an aromatic ring is 1. The van der Waals surface area contributed by atoms with Gasteiger partial charge in [-0.25, -0.2) is 14.4 Å². The number of carbonyl (C=O) groups is 3. The zero-order valence-electron chi connectivity index (χ0n) is 20.8. The number of halogens is 3. The predicted molar refractivity (Wildman–Crippen MR) is 144 cm³/mol. The Bertz CT molecular complexity index is 1410. The minimum absolute atomic E-state index is 0.0281. The lowest BCUT2D eigenvalue weighted by molar-refractivity contribution is -0.385. The van der Waals surface area contributed by atoms with E-state index in [2.05, 4.69) is 14.2 Å². The maximum absolute atomic E-state index is 11.1. The van der Waals surface area contributed by atoms with Gasteiger partial charge in [-0.2, -0.15) is 0 Å². The molecule has 214 valence electrons. The number of nitrogens with zero attached hydrogens (tertiary/aromatic N) is 1. The molecule has 5 N–H and O–H groups in total. The first kappa shape index (κ1) is 33.6. The van der Waals surface area contributed by atoms with Crippen LogP contribution in [-0.2, 0) is 14.2 Å². The Morgan fingerprint density at radius 3 is 1.57 bits per heavy atom. The maximum atomic E-state index is 11.1. The van der Waals surface area contributed by atoms with Crippen molar-refractivity contribution in [1.29, 1.82) is 0 Å². The fourth-order valence-corrected chi connectivity index (χ4v) is 3.19. The number of rotatable bonds is 4. The Morgan fingerprint density at radius 2 is 1.15 bits per heavy atom. The SMILES string of the molecule is COC(=O)c1cc(Cl)c(O)c([N+](=O)[O-])c1.COC(=O)c1cc(N)c(O)c(Cl)c1.COC(=O)c1ccc(O)c(Cl)c1. The first-order chi connectivity index (χ1) is 18.7. The molecule has 0 radical (unpaired) electrons. The van der Waals surface area contributed by atoms with Crippen LogP contribution in [0.3, 0.4) is 0 Å². The number of nitro groups is 1. The Hall–Kier alpha value is -4.46. The lowest BCUT2D eigenvalue weighted by Gasteiger charge is -2.04. The summed E-state index contributed by atoms with van der Waals surface area (Å²) in [6, 6.07) is 8.71. The van der Waals surface area contributed by atoms with Crippen LogP contribution in [0.15, 0.2) is 42.5 Å². The van der Waals surface area contributed by atoms with Crippen molar-refractivity contribution >= 4 is 64.1 Å². The van der Waals surface area contributed by atoms with Gasteiger partial charge in [-0.15, -0.1) is 0 Å². The number of hydrogen-bond acceptors (Lipinski definition) is 12. The Morgan fingerprint density at radius 1 is 0.725 bits per heavy atom. The van der Waals surface area contributed by atoms with Crippen LogP contribution < -0.4 is 5.73 Å². The van der Waals surface area contributed by atoms with Gasteiger partial charge in [0, 0.05) is 6.07 Å². The van der Waals surface area contributed by atoms with Crippen LogP contribution in [0.5, 0.6) is 17.2 Å². The molecule has 3 aromatic rings. The summed E-state index contributed by atoms with van der Waals surface area (Å²) in [5, 5.41) is 37.8. The van der Waals surface area contributed by atoms with Crippen molar-refractivity contribution in [2.45, 2.75) is 0 Å². The third kappa shape index (κ3) is 9.08. The second-order valence-corrected chi connectivity index (χ2v) is 8.34. The van der Waals surface area contributed by atoms with Crippen molar-refractivity contribution < 1.29 is 48.8 Å². The first-order valence-corrected chi connectivity index (χ1v) is 11.5. The first-order valence-electron chi connectivity index (χ1n) is 10.4. The number of carbonyl (C=O) groups excluding carboxylic acids is 3. The van der Waals surface area contributed by atoms with E-state index in [1.807, 2.05) is 0 Å². The number of benzene rings is 3. The Kier molecular flexibility index (Phi) is 12.8. The molecule has 0 aliphatic heterocycles. The van der Waals surface area contributed by atoms with Gasteiger partial charge in [0.1, 0.15) is 5.75 Å². The van der Waals surface area contributed by atoms with Crippen molar-refractivity contribution in [3.8, 4) is 17.2 Å². The van der Waals surface area contributed by atoms with E-state index in [1.54, 1.807) is 0 Å². The van der Waals surface area contributed by atoms with Crippen LogP contribution in [0.4, 0.5) is 11.4 Å². The van der Waals surface area contributed by atoms with Crippen LogP contribution in [0.1, 0.15) is 31.1 Å². The minimum atomic E-state index is -0.840. The number of phenols is 3. The number of nitro benzene ring substituents is 1. The maximum Gasteiger partial charge on any atom is 0.338 e. The van der Waals surface area contributed by atoms with Gasteiger partial charge >= 0.3 is 23.6 Å². The third-order valence-corrected chi connectivity index (χ3v) is 5.42. The summed E-state index contributed by atoms with van der Waals surface area (Å²) in [5.74, 6) is -2.74. The second-order valence-electron chi connectivity index (χ2n) is 7.12. The van der Waals surface area contributed by atoms with E-state index >= 15 is 0 Å². The van der Waals surface area contributed by atoms with Crippen LogP contribution >= 0.6 is 34.8 Å². The lowest BCUT2D eigenvalue weighted by Crippen LogP contribution is -2.02. The zero-order valence-corrected chi connectivity index (χ0v) is 23.1. The number of nitrogens with two attached hydrogens (primary N) is 1. The van der Waals surface area contributed by atoms with E-state index < -0.39 is 34.3 Å². The lowest BCUT2D eigenvalue weighted by atomic mass is 10.2. The fraction of sp³-hybridized carbons (Fsp3) is 0.125. The highest BCUT2D eigenvalue weighted by Gasteiger charge is 2.21. The van der Waals surface area contributed by atoms with E-state index in [4.69, 9.17) is 45.6 Å². The van der Waals surface area contributed by atoms with Gasteiger partial charge in [-0.05, 0) is 36.4 Å². The van der Waals surface area contributed by atoms with Gasteiger partial charge in [0.15, 0.2) is 5.75 Å². The number of phenolic OH excluding ortho intramolecular Hbond substituents is 3. The van der Waals surface area contributed by atoms with Crippen molar-refractivity contribution in [3.05, 3.63) is 84.3 Å². The van der Waals surface area contributed by atoms with Gasteiger partial charge in [0.25, 0.3) is 0 Å². The molecule has 0 saturated carbocycles. The highest BCUT2D eigenvalue weighted by molar-refractivity contribution is 6.33. The number of anilines is 1. The molecule has 13 nitrogen and oxygen atoms in total. The molecule has 0 aliphatic carbocycles. The fourth-order valence-electron chi connectivity index (χ4n) is 2.57. The van der Waals surface area contributed by atoms with E-state index in [0.717, 1.165) is 19.2 Å². The van der Waals surface area contributed by atoms with Gasteiger partial charge in [0.05, 0.1) is 63.7 Å². The molecule has 0 aromatic heterocycles. The predicted octanol–water partition coefficient (Wildman–Crippen LogP) is 4.99. The molecule has 40 heavy (non-hydrogen) atoms. The molecular formula is C24H21Cl3N2O11. The monoisotopic (exact) mass is 618 g/mol. The average Bonchev–Trinajstić information content (AvgIpc) is 2.93. The molecule has 3 aromatic carbocycles. The Balaban J connectivity index is 0.000000302. The van der Waals surface area contributed by atoms with Crippen molar-refractivity contribution in [2.24, 2.45) is 0 Å². The zero-order chi connectivity index (χ0) is 30.7. The standard InChI is InChI=1S/C8H6ClNO5.C8H8ClNO3.C8H7ClO3/c1-15-8(12)4-2-5(9)7(11)6(3-4)10(13)14;1-13-8(12)4-2-5(9)7(11)6(10)3-4;1-12-8(11)5-2-3-7(10)6(9)4-5/h2-3,11H,1H3;2-3,11H,10H2,1H3;2-4,10H,1H3. The van der Waals surface area contributed by atoms with E-state index in [-0.39, 0.29) is 43.4 Å². The van der Waals surface area contributed by atoms with Gasteiger partial charge in [-0.3, -0.25) is 10.1 Å². The molecule has 3 rings (SSSR count). The van der Waals surface area contributed by atoms with E-state index in [1.165, 1.54) is 44.6 Å². The van der Waals surface area contributed by atoms with Crippen molar-refractivity contribution in [1.82, 2.24) is 0 Å². The molecule has 0 heterocycles. The van der Waals surface area contributed by atoms with Crippen LogP contribution in [-0.4, -0.2) is 59.5 Å². The number of ether oxygens (including phenoxy) is 3. The summed E-state index contributed by atoms with van der Waals surface area (Å²) >= 11 is 16.6. The molecule has 0 aliphatic rings. The topological polar surface area (TPSA) is 209 Å². The summed E-state index contributed by atoms with van der Waals surface area (Å²) < 4.78 is 13.3. The smallest absolute Gasteiger partial charge is 0.338 e. The van der Waals surface area contributed by atoms with Gasteiger partial charge in [0.2, 0.25) is 5.75 Å². The van der Waals surface area contributed by atoms with Gasteiger partial charge in [-0.1, -0.05) is 34.8 Å². The Labute approximate surface area is 241 Å². The molecule has 0 amide bonds. The van der Waals surface area contributed by atoms with Crippen LogP contribution in [0.2, 0.25) is 15.1 Å². The normalized spacial score (nSPS) is 9.65. The molecule has 0 atom stereocenters. The average molecular weight is 620 g/mol. The highest BCUT2D eigenvalue weighted by atomic mass is 35.5. The number of methoxy groups -OCH3 is 3. The molecule has 0 saturated heterocycles. The molecule has 0 spiro atoms. The summed E-state index contributed by atoms with van der Waals surface area (Å²) in [5.41, 5.74) is 5.22. The molecule has 0 bridgehead atoms.